The van der Waals surface area contributed by atoms with Crippen LogP contribution in [0, 0.1) is 0 Å². The minimum Gasteiger partial charge on any atom is -0.439 e. The number of fused-ring (bicyclic) bond motifs is 1. The number of hydrogen-bond donors (Lipinski definition) is 1. The van der Waals surface area contributed by atoms with Crippen molar-refractivity contribution in [2.24, 2.45) is 0 Å². The average molecular weight is 377 g/mol. The lowest BCUT2D eigenvalue weighted by molar-refractivity contribution is -0.0845. The molecule has 11 heteroatoms. The van der Waals surface area contributed by atoms with E-state index in [-0.39, 0.29) is 12.4 Å². The van der Waals surface area contributed by atoms with Crippen LogP contribution in [0.1, 0.15) is 17.2 Å². The van der Waals surface area contributed by atoms with E-state index in [9.17, 15) is 21.6 Å². The van der Waals surface area contributed by atoms with E-state index in [0.29, 0.717) is 17.7 Å². The van der Waals surface area contributed by atoms with E-state index in [1.165, 1.54) is 6.07 Å². The first-order valence-electron chi connectivity index (χ1n) is 6.83. The highest BCUT2D eigenvalue weighted by Crippen LogP contribution is 2.39. The number of nitrogens with one attached hydrogen (secondary N) is 1. The molecule has 1 N–H and O–H groups in total. The summed E-state index contributed by atoms with van der Waals surface area (Å²) in [7, 11) is -8.47. The number of rotatable bonds is 3. The van der Waals surface area contributed by atoms with Crippen molar-refractivity contribution in [2.45, 2.75) is 17.2 Å². The summed E-state index contributed by atoms with van der Waals surface area (Å²) in [6, 6.07) is 4.63. The van der Waals surface area contributed by atoms with E-state index in [1.807, 2.05) is 0 Å². The molecule has 2 aliphatic heterocycles. The van der Waals surface area contributed by atoms with Gasteiger partial charge in [0.2, 0.25) is 19.7 Å². The molecule has 9 nitrogen and oxygen atoms in total. The Morgan fingerprint density at radius 1 is 1.17 bits per heavy atom. The van der Waals surface area contributed by atoms with Crippen LogP contribution < -0.4 is 10.1 Å². The van der Waals surface area contributed by atoms with Crippen LogP contribution in [0.15, 0.2) is 18.2 Å². The lowest BCUT2D eigenvalue weighted by Gasteiger charge is -2.35. The average Bonchev–Trinajstić information content (AvgIpc) is 2.90. The second-order valence-electron chi connectivity index (χ2n) is 5.58. The first-order chi connectivity index (χ1) is 11.0. The topological polar surface area (TPSA) is 125 Å². The summed E-state index contributed by atoms with van der Waals surface area (Å²) in [5, 5.41) is 2.52. The number of carbonyl (C=O) groups excluding carboxylic acids is 1. The van der Waals surface area contributed by atoms with Gasteiger partial charge in [-0.25, -0.2) is 21.6 Å². The molecule has 2 heterocycles. The fourth-order valence-electron chi connectivity index (χ4n) is 2.56. The molecule has 1 atom stereocenters. The third-order valence-corrected chi connectivity index (χ3v) is 7.72. The molecule has 1 saturated heterocycles. The van der Waals surface area contributed by atoms with Crippen molar-refractivity contribution in [2.75, 3.05) is 19.1 Å². The Morgan fingerprint density at radius 3 is 2.38 bits per heavy atom. The number of benzene rings is 1. The van der Waals surface area contributed by atoms with Crippen molar-refractivity contribution in [1.29, 1.82) is 0 Å². The molecule has 0 saturated carbocycles. The SMILES string of the molecule is CS(=O)(=O)C1(S(C)(=O)=O)OCc2cc(C3CNC(=O)O3)ccc2O1. The Bertz CT molecular complexity index is 874. The number of hydrogen-bond acceptors (Lipinski definition) is 8. The fraction of sp³-hybridized carbons (Fsp3) is 0.462. The molecule has 0 aliphatic carbocycles. The molecule has 0 spiro atoms. The van der Waals surface area contributed by atoms with Gasteiger partial charge in [0, 0.05) is 18.1 Å². The van der Waals surface area contributed by atoms with Gasteiger partial charge in [0.1, 0.15) is 11.9 Å². The summed E-state index contributed by atoms with van der Waals surface area (Å²) >= 11 is 0. The summed E-state index contributed by atoms with van der Waals surface area (Å²) in [4.78, 5) is 11.1. The van der Waals surface area contributed by atoms with E-state index in [2.05, 4.69) is 5.32 Å². The zero-order valence-electron chi connectivity index (χ0n) is 12.8. The third kappa shape index (κ3) is 2.62. The maximum atomic E-state index is 12.0. The summed E-state index contributed by atoms with van der Waals surface area (Å²) in [6.07, 6.45) is 0.450. The molecule has 24 heavy (non-hydrogen) atoms. The molecule has 0 aromatic heterocycles. The van der Waals surface area contributed by atoms with E-state index in [4.69, 9.17) is 14.2 Å². The lowest BCUT2D eigenvalue weighted by Crippen LogP contribution is -2.54. The van der Waals surface area contributed by atoms with E-state index >= 15 is 0 Å². The van der Waals surface area contributed by atoms with Crippen LogP contribution in [0.5, 0.6) is 5.75 Å². The molecule has 1 fully saturated rings. The first-order valence-corrected chi connectivity index (χ1v) is 10.6. The largest absolute Gasteiger partial charge is 0.439 e. The number of alkyl carbamates (subject to hydrolysis) is 1. The molecule has 1 unspecified atom stereocenters. The van der Waals surface area contributed by atoms with Crippen LogP contribution in [0.25, 0.3) is 0 Å². The van der Waals surface area contributed by atoms with E-state index < -0.39 is 36.3 Å². The summed E-state index contributed by atoms with van der Waals surface area (Å²) in [6.45, 7) is 0.0212. The van der Waals surface area contributed by atoms with Gasteiger partial charge in [-0.15, -0.1) is 0 Å². The van der Waals surface area contributed by atoms with Gasteiger partial charge >= 0.3 is 10.5 Å². The third-order valence-electron chi connectivity index (χ3n) is 3.69. The van der Waals surface area contributed by atoms with Gasteiger partial charge in [0.15, 0.2) is 0 Å². The minimum absolute atomic E-state index is 0.0816. The highest BCUT2D eigenvalue weighted by atomic mass is 32.3. The number of ether oxygens (including phenoxy) is 3. The monoisotopic (exact) mass is 377 g/mol. The van der Waals surface area contributed by atoms with Crippen molar-refractivity contribution in [3.05, 3.63) is 29.3 Å². The van der Waals surface area contributed by atoms with Crippen molar-refractivity contribution >= 4 is 25.8 Å². The quantitative estimate of drug-likeness (QED) is 0.785. The van der Waals surface area contributed by atoms with Gasteiger partial charge in [-0.1, -0.05) is 6.07 Å². The molecular formula is C13H15NO8S2. The summed E-state index contributed by atoms with van der Waals surface area (Å²) in [5.74, 6) is 0.0816. The molecule has 3 rings (SSSR count). The van der Waals surface area contributed by atoms with Gasteiger partial charge in [0.25, 0.3) is 0 Å². The molecule has 1 amide bonds. The molecular weight excluding hydrogens is 362 g/mol. The maximum absolute atomic E-state index is 12.0. The van der Waals surface area contributed by atoms with Gasteiger partial charge in [-0.05, 0) is 17.7 Å². The van der Waals surface area contributed by atoms with Gasteiger partial charge in [0.05, 0.1) is 13.2 Å². The Balaban J connectivity index is 1.99. The normalized spacial score (nSPS) is 22.9. The summed E-state index contributed by atoms with van der Waals surface area (Å²) < 4.78 is 60.6. The van der Waals surface area contributed by atoms with Crippen molar-refractivity contribution in [3.63, 3.8) is 0 Å². The molecule has 0 radical (unpaired) electrons. The zero-order chi connectivity index (χ0) is 17.8. The standard InChI is InChI=1S/C13H15NO8S2/c1-23(16,17)13(24(2,18)19)20-7-9-5-8(3-4-10(9)22-13)11-6-14-12(15)21-11/h3-5,11H,6-7H2,1-2H3,(H,14,15). The smallest absolute Gasteiger partial charge is 0.420 e. The Hall–Kier alpha value is -1.85. The van der Waals surface area contributed by atoms with E-state index in [1.54, 1.807) is 12.1 Å². The first kappa shape index (κ1) is 17.0. The molecule has 1 aromatic carbocycles. The van der Waals surface area contributed by atoms with Gasteiger partial charge < -0.3 is 19.5 Å². The number of sulfone groups is 2. The zero-order valence-corrected chi connectivity index (χ0v) is 14.4. The van der Waals surface area contributed by atoms with Crippen LogP contribution in [-0.2, 0) is 35.8 Å². The second-order valence-corrected chi connectivity index (χ2v) is 10.00. The molecule has 0 bridgehead atoms. The van der Waals surface area contributed by atoms with E-state index in [0.717, 1.165) is 12.5 Å². The molecule has 132 valence electrons. The molecule has 2 aliphatic rings. The number of amides is 1. The number of carbonyl (C=O) groups is 1. The van der Waals surface area contributed by atoms with Crippen LogP contribution in [0.3, 0.4) is 0 Å². The lowest BCUT2D eigenvalue weighted by atomic mass is 10.1. The Kier molecular flexibility index (Phi) is 3.77. The minimum atomic E-state index is -4.23. The second kappa shape index (κ2) is 5.33. The van der Waals surface area contributed by atoms with Crippen molar-refractivity contribution in [1.82, 2.24) is 5.32 Å². The van der Waals surface area contributed by atoms with Gasteiger partial charge in [-0.2, -0.15) is 0 Å². The highest BCUT2D eigenvalue weighted by Gasteiger charge is 2.57. The highest BCUT2D eigenvalue weighted by molar-refractivity contribution is 8.09. The predicted octanol–water partition coefficient (Wildman–Crippen LogP) is 0.0770. The summed E-state index contributed by atoms with van der Waals surface area (Å²) in [5.41, 5.74) is 1.11. The predicted molar refractivity (Wildman–Crippen MR) is 81.5 cm³/mol. The van der Waals surface area contributed by atoms with Gasteiger partial charge in [-0.3, -0.25) is 0 Å². The molecule has 1 aromatic rings. The van der Waals surface area contributed by atoms with Crippen LogP contribution in [0.2, 0.25) is 0 Å². The fourth-order valence-corrected chi connectivity index (χ4v) is 5.79. The van der Waals surface area contributed by atoms with Crippen molar-refractivity contribution in [3.8, 4) is 5.75 Å². The maximum Gasteiger partial charge on any atom is 0.420 e. The van der Waals surface area contributed by atoms with Crippen LogP contribution in [0.4, 0.5) is 4.79 Å². The Labute approximate surface area is 138 Å². The van der Waals surface area contributed by atoms with Crippen molar-refractivity contribution < 1.29 is 35.8 Å². The van der Waals surface area contributed by atoms with Crippen LogP contribution in [-0.4, -0.2) is 46.4 Å². The number of cyclic esters (lactones) is 1. The Morgan fingerprint density at radius 2 is 1.83 bits per heavy atom. The van der Waals surface area contributed by atoms with Crippen LogP contribution >= 0.6 is 0 Å².